The number of benzene rings is 1. The topological polar surface area (TPSA) is 53.1 Å². The standard InChI is InChI=1S/C16H23N3O/c1-12(17)11-16-13(2)18-19(14(16)3)9-10-20-15-7-5-4-6-8-15/h4-8,12H,9-11,17H2,1-3H3. The van der Waals surface area contributed by atoms with Crippen molar-refractivity contribution in [2.24, 2.45) is 5.73 Å². The Morgan fingerprint density at radius 2 is 1.95 bits per heavy atom. The van der Waals surface area contributed by atoms with Crippen LogP contribution in [0.25, 0.3) is 0 Å². The molecule has 2 rings (SSSR count). The van der Waals surface area contributed by atoms with E-state index < -0.39 is 0 Å². The molecule has 0 saturated heterocycles. The van der Waals surface area contributed by atoms with Gasteiger partial charge in [0.15, 0.2) is 0 Å². The number of aromatic nitrogens is 2. The Morgan fingerprint density at radius 3 is 2.60 bits per heavy atom. The Balaban J connectivity index is 1.96. The van der Waals surface area contributed by atoms with Crippen molar-refractivity contribution in [3.8, 4) is 5.75 Å². The minimum atomic E-state index is 0.158. The molecule has 0 aliphatic carbocycles. The van der Waals surface area contributed by atoms with E-state index in [0.29, 0.717) is 6.61 Å². The maximum absolute atomic E-state index is 5.89. The Bertz CT molecular complexity index is 546. The van der Waals surface area contributed by atoms with E-state index in [-0.39, 0.29) is 6.04 Å². The molecule has 2 aromatic rings. The van der Waals surface area contributed by atoms with E-state index in [4.69, 9.17) is 10.5 Å². The van der Waals surface area contributed by atoms with Gasteiger partial charge in [-0.15, -0.1) is 0 Å². The highest BCUT2D eigenvalue weighted by Gasteiger charge is 2.12. The number of para-hydroxylation sites is 1. The summed E-state index contributed by atoms with van der Waals surface area (Å²) in [5.41, 5.74) is 9.41. The van der Waals surface area contributed by atoms with Crippen LogP contribution in [0.5, 0.6) is 5.75 Å². The zero-order chi connectivity index (χ0) is 14.5. The Labute approximate surface area is 120 Å². The van der Waals surface area contributed by atoms with Gasteiger partial charge in [-0.2, -0.15) is 5.10 Å². The number of hydrogen-bond donors (Lipinski definition) is 1. The molecule has 1 aromatic heterocycles. The van der Waals surface area contributed by atoms with Gasteiger partial charge in [-0.1, -0.05) is 18.2 Å². The third kappa shape index (κ3) is 3.61. The molecule has 0 amide bonds. The van der Waals surface area contributed by atoms with Crippen LogP contribution in [0.2, 0.25) is 0 Å². The fraction of sp³-hybridized carbons (Fsp3) is 0.438. The molecular formula is C16H23N3O. The van der Waals surface area contributed by atoms with Crippen molar-refractivity contribution in [2.75, 3.05) is 6.61 Å². The predicted octanol–water partition coefficient (Wildman–Crippen LogP) is 2.47. The monoisotopic (exact) mass is 273 g/mol. The summed E-state index contributed by atoms with van der Waals surface area (Å²) in [5, 5.41) is 4.58. The van der Waals surface area contributed by atoms with Crippen LogP contribution in [0.1, 0.15) is 23.9 Å². The van der Waals surface area contributed by atoms with Gasteiger partial charge in [0.2, 0.25) is 0 Å². The molecular weight excluding hydrogens is 250 g/mol. The molecule has 20 heavy (non-hydrogen) atoms. The lowest BCUT2D eigenvalue weighted by Gasteiger charge is -2.09. The van der Waals surface area contributed by atoms with Gasteiger partial charge in [0.1, 0.15) is 12.4 Å². The first kappa shape index (κ1) is 14.6. The van der Waals surface area contributed by atoms with E-state index in [9.17, 15) is 0 Å². The van der Waals surface area contributed by atoms with E-state index in [1.165, 1.54) is 11.3 Å². The Kier molecular flexibility index (Phi) is 4.79. The number of hydrogen-bond acceptors (Lipinski definition) is 3. The first-order valence-corrected chi connectivity index (χ1v) is 7.04. The average Bonchev–Trinajstić information content (AvgIpc) is 2.67. The van der Waals surface area contributed by atoms with Crippen molar-refractivity contribution in [1.29, 1.82) is 0 Å². The predicted molar refractivity (Wildman–Crippen MR) is 81.0 cm³/mol. The lowest BCUT2D eigenvalue weighted by Crippen LogP contribution is -2.18. The Morgan fingerprint density at radius 1 is 1.25 bits per heavy atom. The quantitative estimate of drug-likeness (QED) is 0.879. The van der Waals surface area contributed by atoms with Gasteiger partial charge >= 0.3 is 0 Å². The molecule has 0 radical (unpaired) electrons. The van der Waals surface area contributed by atoms with E-state index in [1.807, 2.05) is 48.9 Å². The normalized spacial score (nSPS) is 12.4. The van der Waals surface area contributed by atoms with Crippen molar-refractivity contribution >= 4 is 0 Å². The summed E-state index contributed by atoms with van der Waals surface area (Å²) in [7, 11) is 0. The largest absolute Gasteiger partial charge is 0.492 e. The molecule has 0 bridgehead atoms. The summed E-state index contributed by atoms with van der Waals surface area (Å²) >= 11 is 0. The third-order valence-electron chi connectivity index (χ3n) is 3.37. The summed E-state index contributed by atoms with van der Waals surface area (Å²) in [6.45, 7) is 7.53. The summed E-state index contributed by atoms with van der Waals surface area (Å²) in [5.74, 6) is 0.893. The summed E-state index contributed by atoms with van der Waals surface area (Å²) < 4.78 is 7.72. The fourth-order valence-corrected chi connectivity index (χ4v) is 2.34. The van der Waals surface area contributed by atoms with Crippen molar-refractivity contribution in [3.63, 3.8) is 0 Å². The molecule has 1 aromatic carbocycles. The van der Waals surface area contributed by atoms with Crippen molar-refractivity contribution in [3.05, 3.63) is 47.3 Å². The van der Waals surface area contributed by atoms with E-state index in [0.717, 1.165) is 24.4 Å². The third-order valence-corrected chi connectivity index (χ3v) is 3.37. The van der Waals surface area contributed by atoms with Crippen LogP contribution in [-0.4, -0.2) is 22.4 Å². The van der Waals surface area contributed by atoms with Gasteiger partial charge in [-0.25, -0.2) is 0 Å². The molecule has 4 nitrogen and oxygen atoms in total. The number of rotatable bonds is 6. The second-order valence-electron chi connectivity index (χ2n) is 5.22. The first-order chi connectivity index (χ1) is 9.58. The molecule has 0 spiro atoms. The maximum Gasteiger partial charge on any atom is 0.119 e. The molecule has 0 fully saturated rings. The minimum absolute atomic E-state index is 0.158. The lowest BCUT2D eigenvalue weighted by atomic mass is 10.1. The van der Waals surface area contributed by atoms with Gasteiger partial charge in [-0.05, 0) is 44.9 Å². The summed E-state index contributed by atoms with van der Waals surface area (Å²) in [6.07, 6.45) is 0.872. The maximum atomic E-state index is 5.89. The fourth-order valence-electron chi connectivity index (χ4n) is 2.34. The van der Waals surface area contributed by atoms with Crippen molar-refractivity contribution in [1.82, 2.24) is 9.78 Å². The molecule has 108 valence electrons. The molecule has 1 atom stereocenters. The summed E-state index contributed by atoms with van der Waals surface area (Å²) in [6, 6.07) is 10.0. The SMILES string of the molecule is Cc1nn(CCOc2ccccc2)c(C)c1CC(C)N. The number of ether oxygens (including phenoxy) is 1. The van der Waals surface area contributed by atoms with Crippen LogP contribution >= 0.6 is 0 Å². The van der Waals surface area contributed by atoms with Gasteiger partial charge in [-0.3, -0.25) is 4.68 Å². The van der Waals surface area contributed by atoms with Crippen LogP contribution in [0, 0.1) is 13.8 Å². The van der Waals surface area contributed by atoms with Gasteiger partial charge in [0.05, 0.1) is 12.2 Å². The summed E-state index contributed by atoms with van der Waals surface area (Å²) in [4.78, 5) is 0. The van der Waals surface area contributed by atoms with Crippen LogP contribution < -0.4 is 10.5 Å². The molecule has 2 N–H and O–H groups in total. The molecule has 0 saturated carbocycles. The van der Waals surface area contributed by atoms with E-state index >= 15 is 0 Å². The highest BCUT2D eigenvalue weighted by Crippen LogP contribution is 2.15. The minimum Gasteiger partial charge on any atom is -0.492 e. The number of nitrogens with two attached hydrogens (primary N) is 1. The second-order valence-corrected chi connectivity index (χ2v) is 5.22. The lowest BCUT2D eigenvalue weighted by molar-refractivity contribution is 0.289. The van der Waals surface area contributed by atoms with Crippen LogP contribution in [0.15, 0.2) is 30.3 Å². The average molecular weight is 273 g/mol. The van der Waals surface area contributed by atoms with Crippen molar-refractivity contribution in [2.45, 2.75) is 39.8 Å². The zero-order valence-electron chi connectivity index (χ0n) is 12.5. The molecule has 1 heterocycles. The molecule has 0 aliphatic rings. The van der Waals surface area contributed by atoms with Gasteiger partial charge in [0, 0.05) is 11.7 Å². The smallest absolute Gasteiger partial charge is 0.119 e. The van der Waals surface area contributed by atoms with E-state index in [2.05, 4.69) is 12.0 Å². The van der Waals surface area contributed by atoms with Crippen LogP contribution in [0.4, 0.5) is 0 Å². The number of nitrogens with zero attached hydrogens (tertiary/aromatic N) is 2. The second kappa shape index (κ2) is 6.57. The first-order valence-electron chi connectivity index (χ1n) is 7.04. The Hall–Kier alpha value is -1.81. The van der Waals surface area contributed by atoms with Gasteiger partial charge < -0.3 is 10.5 Å². The zero-order valence-corrected chi connectivity index (χ0v) is 12.5. The molecule has 0 aliphatic heterocycles. The van der Waals surface area contributed by atoms with Crippen LogP contribution in [-0.2, 0) is 13.0 Å². The molecule has 1 unspecified atom stereocenters. The highest BCUT2D eigenvalue weighted by molar-refractivity contribution is 5.25. The van der Waals surface area contributed by atoms with Gasteiger partial charge in [0.25, 0.3) is 0 Å². The van der Waals surface area contributed by atoms with Crippen molar-refractivity contribution < 1.29 is 4.74 Å². The highest BCUT2D eigenvalue weighted by atomic mass is 16.5. The van der Waals surface area contributed by atoms with Crippen LogP contribution in [0.3, 0.4) is 0 Å². The van der Waals surface area contributed by atoms with E-state index in [1.54, 1.807) is 0 Å². The molecule has 4 heteroatoms. The number of aryl methyl sites for hydroxylation is 1.